The number of hydrogen-bond acceptors (Lipinski definition) is 7. The molecule has 1 aromatic carbocycles. The quantitative estimate of drug-likeness (QED) is 0.782. The third-order valence-corrected chi connectivity index (χ3v) is 3.62. The highest BCUT2D eigenvalue weighted by Crippen LogP contribution is 2.17. The summed E-state index contributed by atoms with van der Waals surface area (Å²) in [5.74, 6) is -0.240. The standard InChI is InChI=1S/C17H18N4O5/c1-10(2)25-12-5-3-11(4-6-12)16(24)18-17-20-19-13(26-17)9-21-14(22)7-8-15(21)23/h3-6,10H,7-9H2,1-2H3,(H,18,20,24). The first-order valence-electron chi connectivity index (χ1n) is 8.16. The largest absolute Gasteiger partial charge is 0.491 e. The van der Waals surface area contributed by atoms with Crippen LogP contribution in [0, 0.1) is 0 Å². The van der Waals surface area contributed by atoms with Gasteiger partial charge in [-0.3, -0.25) is 24.6 Å². The number of anilines is 1. The fourth-order valence-corrected chi connectivity index (χ4v) is 2.43. The molecule has 1 aromatic heterocycles. The van der Waals surface area contributed by atoms with E-state index < -0.39 is 5.91 Å². The van der Waals surface area contributed by atoms with Crippen LogP contribution in [0.5, 0.6) is 5.75 Å². The molecule has 1 fully saturated rings. The Hall–Kier alpha value is -3.23. The highest BCUT2D eigenvalue weighted by Gasteiger charge is 2.30. The van der Waals surface area contributed by atoms with Crippen molar-refractivity contribution in [1.82, 2.24) is 15.1 Å². The predicted octanol–water partition coefficient (Wildman–Crippen LogP) is 1.76. The van der Waals surface area contributed by atoms with Crippen molar-refractivity contribution in [3.8, 4) is 5.75 Å². The molecule has 0 unspecified atom stereocenters. The van der Waals surface area contributed by atoms with E-state index in [1.807, 2.05) is 13.8 Å². The molecule has 0 saturated carbocycles. The number of aromatic nitrogens is 2. The van der Waals surface area contributed by atoms with E-state index >= 15 is 0 Å². The first kappa shape index (κ1) is 17.6. The van der Waals surface area contributed by atoms with E-state index in [-0.39, 0.29) is 49.2 Å². The summed E-state index contributed by atoms with van der Waals surface area (Å²) < 4.78 is 10.8. The Morgan fingerprint density at radius 2 is 1.85 bits per heavy atom. The Kier molecular flexibility index (Phi) is 4.97. The minimum absolute atomic E-state index is 0.0425. The third-order valence-electron chi connectivity index (χ3n) is 3.62. The minimum Gasteiger partial charge on any atom is -0.491 e. The normalized spacial score (nSPS) is 14.2. The van der Waals surface area contributed by atoms with Gasteiger partial charge in [-0.1, -0.05) is 5.10 Å². The van der Waals surface area contributed by atoms with Gasteiger partial charge in [-0.25, -0.2) is 0 Å². The third kappa shape index (κ3) is 4.05. The maximum atomic E-state index is 12.2. The van der Waals surface area contributed by atoms with Crippen LogP contribution in [-0.4, -0.2) is 38.9 Å². The summed E-state index contributed by atoms with van der Waals surface area (Å²) in [6, 6.07) is 6.52. The van der Waals surface area contributed by atoms with Gasteiger partial charge in [0.15, 0.2) is 0 Å². The lowest BCUT2D eigenvalue weighted by atomic mass is 10.2. The zero-order valence-electron chi connectivity index (χ0n) is 14.4. The molecule has 0 atom stereocenters. The van der Waals surface area contributed by atoms with Crippen LogP contribution in [0.25, 0.3) is 0 Å². The van der Waals surface area contributed by atoms with Crippen molar-refractivity contribution < 1.29 is 23.5 Å². The monoisotopic (exact) mass is 358 g/mol. The summed E-state index contributed by atoms with van der Waals surface area (Å²) in [4.78, 5) is 36.4. The molecule has 1 aliphatic heterocycles. The van der Waals surface area contributed by atoms with Crippen molar-refractivity contribution in [2.45, 2.75) is 39.3 Å². The van der Waals surface area contributed by atoms with Gasteiger partial charge in [0.25, 0.3) is 5.91 Å². The van der Waals surface area contributed by atoms with Gasteiger partial charge in [-0.15, -0.1) is 5.10 Å². The first-order valence-corrected chi connectivity index (χ1v) is 8.16. The van der Waals surface area contributed by atoms with Crippen LogP contribution in [0.2, 0.25) is 0 Å². The predicted molar refractivity (Wildman–Crippen MR) is 89.2 cm³/mol. The van der Waals surface area contributed by atoms with Crippen LogP contribution in [0.4, 0.5) is 6.01 Å². The summed E-state index contributed by atoms with van der Waals surface area (Å²) in [7, 11) is 0. The van der Waals surface area contributed by atoms with E-state index in [1.54, 1.807) is 24.3 Å². The number of ether oxygens (including phenoxy) is 1. The second-order valence-electron chi connectivity index (χ2n) is 6.02. The number of hydrogen-bond donors (Lipinski definition) is 1. The van der Waals surface area contributed by atoms with E-state index in [4.69, 9.17) is 9.15 Å². The molecule has 0 aliphatic carbocycles. The maximum absolute atomic E-state index is 12.2. The average molecular weight is 358 g/mol. The molecule has 1 N–H and O–H groups in total. The van der Waals surface area contributed by atoms with Crippen LogP contribution in [0.1, 0.15) is 42.9 Å². The van der Waals surface area contributed by atoms with Crippen LogP contribution >= 0.6 is 0 Å². The topological polar surface area (TPSA) is 115 Å². The van der Waals surface area contributed by atoms with Gasteiger partial charge < -0.3 is 9.15 Å². The fraction of sp³-hybridized carbons (Fsp3) is 0.353. The molecule has 2 heterocycles. The Balaban J connectivity index is 1.60. The van der Waals surface area contributed by atoms with Gasteiger partial charge in [0.1, 0.15) is 12.3 Å². The molecule has 9 heteroatoms. The summed E-state index contributed by atoms with van der Waals surface area (Å²) in [5, 5.41) is 9.93. The van der Waals surface area contributed by atoms with Crippen molar-refractivity contribution >= 4 is 23.7 Å². The number of rotatable bonds is 6. The molecule has 0 radical (unpaired) electrons. The zero-order chi connectivity index (χ0) is 18.7. The second kappa shape index (κ2) is 7.34. The molecule has 9 nitrogen and oxygen atoms in total. The molecule has 1 saturated heterocycles. The smallest absolute Gasteiger partial charge is 0.322 e. The maximum Gasteiger partial charge on any atom is 0.322 e. The Morgan fingerprint density at radius 1 is 1.19 bits per heavy atom. The number of nitrogens with zero attached hydrogens (tertiary/aromatic N) is 3. The van der Waals surface area contributed by atoms with Gasteiger partial charge in [0.05, 0.1) is 6.10 Å². The van der Waals surface area contributed by atoms with Crippen molar-refractivity contribution in [3.05, 3.63) is 35.7 Å². The summed E-state index contributed by atoms with van der Waals surface area (Å²) in [6.07, 6.45) is 0.418. The van der Waals surface area contributed by atoms with E-state index in [2.05, 4.69) is 15.5 Å². The van der Waals surface area contributed by atoms with E-state index in [1.165, 1.54) is 0 Å². The van der Waals surface area contributed by atoms with Gasteiger partial charge in [0, 0.05) is 18.4 Å². The van der Waals surface area contributed by atoms with E-state index in [9.17, 15) is 14.4 Å². The number of nitrogens with one attached hydrogen (secondary N) is 1. The number of carbonyl (C=O) groups is 3. The Bertz CT molecular complexity index is 812. The highest BCUT2D eigenvalue weighted by molar-refractivity contribution is 6.03. The van der Waals surface area contributed by atoms with Gasteiger partial charge >= 0.3 is 6.01 Å². The molecule has 3 rings (SSSR count). The lowest BCUT2D eigenvalue weighted by Gasteiger charge is -2.10. The van der Waals surface area contributed by atoms with Crippen molar-refractivity contribution in [1.29, 1.82) is 0 Å². The Labute approximate surface area is 149 Å². The van der Waals surface area contributed by atoms with E-state index in [0.29, 0.717) is 11.3 Å². The highest BCUT2D eigenvalue weighted by atomic mass is 16.5. The van der Waals surface area contributed by atoms with Crippen molar-refractivity contribution in [2.75, 3.05) is 5.32 Å². The minimum atomic E-state index is -0.426. The van der Waals surface area contributed by atoms with Crippen molar-refractivity contribution in [3.63, 3.8) is 0 Å². The Morgan fingerprint density at radius 3 is 2.46 bits per heavy atom. The number of likely N-dealkylation sites (tertiary alicyclic amines) is 1. The van der Waals surface area contributed by atoms with Crippen molar-refractivity contribution in [2.24, 2.45) is 0 Å². The second-order valence-corrected chi connectivity index (χ2v) is 6.02. The molecule has 0 bridgehead atoms. The average Bonchev–Trinajstić information content (AvgIpc) is 3.16. The molecule has 136 valence electrons. The van der Waals surface area contributed by atoms with Gasteiger partial charge in [-0.05, 0) is 38.1 Å². The summed E-state index contributed by atoms with van der Waals surface area (Å²) in [6.45, 7) is 3.73. The lowest BCUT2D eigenvalue weighted by Crippen LogP contribution is -2.28. The van der Waals surface area contributed by atoms with Gasteiger partial charge in [-0.2, -0.15) is 0 Å². The molecule has 0 spiro atoms. The number of benzene rings is 1. The number of carbonyl (C=O) groups excluding carboxylic acids is 3. The summed E-state index contributed by atoms with van der Waals surface area (Å²) >= 11 is 0. The van der Waals surface area contributed by atoms with E-state index in [0.717, 1.165) is 4.90 Å². The molecule has 26 heavy (non-hydrogen) atoms. The SMILES string of the molecule is CC(C)Oc1ccc(C(=O)Nc2nnc(CN3C(=O)CCC3=O)o2)cc1. The fourth-order valence-electron chi connectivity index (χ4n) is 2.43. The number of amides is 3. The van der Waals surface area contributed by atoms with Crippen LogP contribution in [0.15, 0.2) is 28.7 Å². The van der Waals surface area contributed by atoms with Crippen LogP contribution in [0.3, 0.4) is 0 Å². The molecular weight excluding hydrogens is 340 g/mol. The molecule has 1 aliphatic rings. The van der Waals surface area contributed by atoms with Crippen LogP contribution in [-0.2, 0) is 16.1 Å². The van der Waals surface area contributed by atoms with Gasteiger partial charge in [0.2, 0.25) is 17.7 Å². The molecule has 3 amide bonds. The zero-order valence-corrected chi connectivity index (χ0v) is 14.4. The number of imide groups is 1. The molecular formula is C17H18N4O5. The lowest BCUT2D eigenvalue weighted by molar-refractivity contribution is -0.139. The van der Waals surface area contributed by atoms with Crippen LogP contribution < -0.4 is 10.1 Å². The summed E-state index contributed by atoms with van der Waals surface area (Å²) in [5.41, 5.74) is 0.394. The molecule has 2 aromatic rings. The first-order chi connectivity index (χ1) is 12.4.